The summed E-state index contributed by atoms with van der Waals surface area (Å²) in [5, 5.41) is 3.18. The minimum absolute atomic E-state index is 0.0419. The lowest BCUT2D eigenvalue weighted by Gasteiger charge is -2.45. The Morgan fingerprint density at radius 3 is 2.73 bits per heavy atom. The maximum Gasteiger partial charge on any atom is 0.102 e. The van der Waals surface area contributed by atoms with Crippen LogP contribution in [0.15, 0.2) is 24.3 Å². The van der Waals surface area contributed by atoms with Crippen LogP contribution >= 0.6 is 0 Å². The van der Waals surface area contributed by atoms with Gasteiger partial charge in [0.05, 0.1) is 0 Å². The molecular formula is C13H18FN. The van der Waals surface area contributed by atoms with Gasteiger partial charge >= 0.3 is 0 Å². The minimum atomic E-state index is -0.612. The second kappa shape index (κ2) is 3.93. The Morgan fingerprint density at radius 1 is 1.47 bits per heavy atom. The van der Waals surface area contributed by atoms with Crippen molar-refractivity contribution in [1.29, 1.82) is 0 Å². The smallest absolute Gasteiger partial charge is 0.102 e. The molecule has 1 aromatic carbocycles. The van der Waals surface area contributed by atoms with Crippen molar-refractivity contribution in [3.05, 3.63) is 35.4 Å². The van der Waals surface area contributed by atoms with Crippen LogP contribution < -0.4 is 5.32 Å². The highest BCUT2D eigenvalue weighted by atomic mass is 19.1. The van der Waals surface area contributed by atoms with Gasteiger partial charge < -0.3 is 5.32 Å². The van der Waals surface area contributed by atoms with Gasteiger partial charge in [-0.15, -0.1) is 0 Å². The average Bonchev–Trinajstić information content (AvgIpc) is 2.15. The third-order valence-corrected chi connectivity index (χ3v) is 3.37. The normalized spacial score (nSPS) is 29.9. The van der Waals surface area contributed by atoms with Gasteiger partial charge in [0.2, 0.25) is 0 Å². The van der Waals surface area contributed by atoms with Crippen molar-refractivity contribution in [2.75, 3.05) is 13.6 Å². The molecule has 0 saturated heterocycles. The molecule has 0 radical (unpaired) electrons. The van der Waals surface area contributed by atoms with E-state index in [1.165, 1.54) is 11.1 Å². The van der Waals surface area contributed by atoms with Crippen molar-refractivity contribution in [1.82, 2.24) is 5.32 Å². The lowest BCUT2D eigenvalue weighted by molar-refractivity contribution is 0.0940. The van der Waals surface area contributed by atoms with Crippen LogP contribution in [-0.2, 0) is 5.41 Å². The van der Waals surface area contributed by atoms with E-state index < -0.39 is 6.17 Å². The molecule has 0 aliphatic heterocycles. The molecule has 0 atom stereocenters. The highest BCUT2D eigenvalue weighted by Gasteiger charge is 2.45. The SMILES string of the molecule is CNCC1(c2cccc(C)c2)CC(F)C1. The molecule has 0 bridgehead atoms. The Kier molecular flexibility index (Phi) is 2.79. The summed E-state index contributed by atoms with van der Waals surface area (Å²) in [7, 11) is 1.93. The Morgan fingerprint density at radius 2 is 2.20 bits per heavy atom. The van der Waals surface area contributed by atoms with E-state index in [0.717, 1.165) is 6.54 Å². The molecule has 82 valence electrons. The van der Waals surface area contributed by atoms with Crippen LogP contribution in [0, 0.1) is 6.92 Å². The molecule has 1 saturated carbocycles. The van der Waals surface area contributed by atoms with Crippen LogP contribution in [0.5, 0.6) is 0 Å². The third-order valence-electron chi connectivity index (χ3n) is 3.37. The molecule has 2 heteroatoms. The average molecular weight is 207 g/mol. The zero-order chi connectivity index (χ0) is 10.9. The Hall–Kier alpha value is -0.890. The topological polar surface area (TPSA) is 12.0 Å². The van der Waals surface area contributed by atoms with Crippen LogP contribution in [0.4, 0.5) is 4.39 Å². The van der Waals surface area contributed by atoms with Gasteiger partial charge in [0.1, 0.15) is 6.17 Å². The third kappa shape index (κ3) is 1.91. The van der Waals surface area contributed by atoms with E-state index in [9.17, 15) is 4.39 Å². The number of aryl methyl sites for hydroxylation is 1. The Balaban J connectivity index is 2.26. The lowest BCUT2D eigenvalue weighted by Crippen LogP contribution is -2.49. The molecule has 1 aliphatic carbocycles. The fraction of sp³-hybridized carbons (Fsp3) is 0.538. The highest BCUT2D eigenvalue weighted by Crippen LogP contribution is 2.45. The van der Waals surface area contributed by atoms with E-state index in [-0.39, 0.29) is 5.41 Å². The quantitative estimate of drug-likeness (QED) is 0.803. The standard InChI is InChI=1S/C13H18FN/c1-10-4-3-5-11(6-10)13(9-15-2)7-12(14)8-13/h3-6,12,15H,7-9H2,1-2H3. The molecule has 0 amide bonds. The van der Waals surface area contributed by atoms with E-state index >= 15 is 0 Å². The minimum Gasteiger partial charge on any atom is -0.319 e. The van der Waals surface area contributed by atoms with Gasteiger partial charge in [-0.05, 0) is 32.4 Å². The summed E-state index contributed by atoms with van der Waals surface area (Å²) in [6.45, 7) is 2.96. The first-order chi connectivity index (χ1) is 7.16. The van der Waals surface area contributed by atoms with Gasteiger partial charge in [-0.25, -0.2) is 4.39 Å². The second-order valence-electron chi connectivity index (χ2n) is 4.69. The molecule has 0 unspecified atom stereocenters. The van der Waals surface area contributed by atoms with Gasteiger partial charge in [0.25, 0.3) is 0 Å². The summed E-state index contributed by atoms with van der Waals surface area (Å²) < 4.78 is 13.1. The number of hydrogen-bond acceptors (Lipinski definition) is 1. The van der Waals surface area contributed by atoms with Gasteiger partial charge in [-0.2, -0.15) is 0 Å². The number of likely N-dealkylation sites (N-methyl/N-ethyl adjacent to an activating group) is 1. The summed E-state index contributed by atoms with van der Waals surface area (Å²) >= 11 is 0. The fourth-order valence-corrected chi connectivity index (χ4v) is 2.58. The largest absolute Gasteiger partial charge is 0.319 e. The number of hydrogen-bond donors (Lipinski definition) is 1. The molecule has 1 nitrogen and oxygen atoms in total. The summed E-state index contributed by atoms with van der Waals surface area (Å²) in [5.74, 6) is 0. The molecule has 1 fully saturated rings. The van der Waals surface area contributed by atoms with E-state index in [0.29, 0.717) is 12.8 Å². The summed E-state index contributed by atoms with van der Waals surface area (Å²) in [6, 6.07) is 8.45. The molecule has 1 aliphatic rings. The van der Waals surface area contributed by atoms with E-state index in [4.69, 9.17) is 0 Å². The van der Waals surface area contributed by atoms with Gasteiger partial charge in [0, 0.05) is 12.0 Å². The monoisotopic (exact) mass is 207 g/mol. The van der Waals surface area contributed by atoms with Gasteiger partial charge in [0.15, 0.2) is 0 Å². The second-order valence-corrected chi connectivity index (χ2v) is 4.69. The molecule has 1 N–H and O–H groups in total. The van der Waals surface area contributed by atoms with Crippen LogP contribution in [0.1, 0.15) is 24.0 Å². The molecule has 0 heterocycles. The first-order valence-electron chi connectivity index (χ1n) is 5.52. The zero-order valence-electron chi connectivity index (χ0n) is 9.39. The summed E-state index contributed by atoms with van der Waals surface area (Å²) in [6.07, 6.45) is 0.716. The van der Waals surface area contributed by atoms with Crippen LogP contribution in [0.2, 0.25) is 0 Å². The number of nitrogens with one attached hydrogen (secondary N) is 1. The molecule has 1 aromatic rings. The first-order valence-corrected chi connectivity index (χ1v) is 5.52. The number of benzene rings is 1. The molecule has 15 heavy (non-hydrogen) atoms. The first kappa shape index (κ1) is 10.6. The fourth-order valence-electron chi connectivity index (χ4n) is 2.58. The van der Waals surface area contributed by atoms with Crippen LogP contribution in [0.25, 0.3) is 0 Å². The molecular weight excluding hydrogens is 189 g/mol. The van der Waals surface area contributed by atoms with Crippen molar-refractivity contribution in [3.63, 3.8) is 0 Å². The van der Waals surface area contributed by atoms with Crippen molar-refractivity contribution < 1.29 is 4.39 Å². The molecule has 0 aromatic heterocycles. The highest BCUT2D eigenvalue weighted by molar-refractivity contribution is 5.33. The predicted molar refractivity (Wildman–Crippen MR) is 60.9 cm³/mol. The van der Waals surface area contributed by atoms with Gasteiger partial charge in [-0.3, -0.25) is 0 Å². The number of rotatable bonds is 3. The maximum atomic E-state index is 13.1. The number of alkyl halides is 1. The van der Waals surface area contributed by atoms with Crippen molar-refractivity contribution in [3.8, 4) is 0 Å². The Bertz CT molecular complexity index is 337. The molecule has 0 spiro atoms. The molecule has 2 rings (SSSR count). The van der Waals surface area contributed by atoms with E-state index in [1.54, 1.807) is 0 Å². The van der Waals surface area contributed by atoms with Crippen LogP contribution in [-0.4, -0.2) is 19.8 Å². The lowest BCUT2D eigenvalue weighted by atomic mass is 9.63. The zero-order valence-corrected chi connectivity index (χ0v) is 9.39. The van der Waals surface area contributed by atoms with E-state index in [1.807, 2.05) is 7.05 Å². The van der Waals surface area contributed by atoms with Crippen molar-refractivity contribution >= 4 is 0 Å². The maximum absolute atomic E-state index is 13.1. The van der Waals surface area contributed by atoms with Crippen molar-refractivity contribution in [2.24, 2.45) is 0 Å². The van der Waals surface area contributed by atoms with Crippen LogP contribution in [0.3, 0.4) is 0 Å². The van der Waals surface area contributed by atoms with E-state index in [2.05, 4.69) is 36.5 Å². The predicted octanol–water partition coefficient (Wildman–Crippen LogP) is 2.58. The summed E-state index contributed by atoms with van der Waals surface area (Å²) in [5.41, 5.74) is 2.58. The van der Waals surface area contributed by atoms with Gasteiger partial charge in [-0.1, -0.05) is 29.8 Å². The number of halogens is 1. The summed E-state index contributed by atoms with van der Waals surface area (Å²) in [4.78, 5) is 0. The Labute approximate surface area is 90.7 Å². The van der Waals surface area contributed by atoms with Crippen molar-refractivity contribution in [2.45, 2.75) is 31.4 Å².